The quantitative estimate of drug-likeness (QED) is 0.344. The van der Waals surface area contributed by atoms with Crippen molar-refractivity contribution in [1.29, 1.82) is 0 Å². The average Bonchev–Trinajstić information content (AvgIpc) is 3.21. The molecular formula is C29H44O4. The van der Waals surface area contributed by atoms with E-state index in [1.807, 2.05) is 0 Å². The number of hydrogen-bond acceptors (Lipinski definition) is 4. The van der Waals surface area contributed by atoms with Crippen molar-refractivity contribution < 1.29 is 19.0 Å². The van der Waals surface area contributed by atoms with Gasteiger partial charge in [-0.05, 0) is 85.4 Å². The summed E-state index contributed by atoms with van der Waals surface area (Å²) in [6, 6.07) is 0. The molecule has 0 aromatic rings. The van der Waals surface area contributed by atoms with Crippen LogP contribution in [-0.4, -0.2) is 30.6 Å². The first kappa shape index (κ1) is 22.6. The Labute approximate surface area is 200 Å². The highest BCUT2D eigenvalue weighted by atomic mass is 16.7. The second kappa shape index (κ2) is 7.56. The molecule has 3 saturated carbocycles. The maximum Gasteiger partial charge on any atom is 0.302 e. The second-order valence-corrected chi connectivity index (χ2v) is 13.3. The van der Waals surface area contributed by atoms with Crippen molar-refractivity contribution in [2.24, 2.45) is 46.3 Å². The van der Waals surface area contributed by atoms with E-state index < -0.39 is 0 Å². The van der Waals surface area contributed by atoms with Gasteiger partial charge in [0.25, 0.3) is 0 Å². The highest BCUT2D eigenvalue weighted by molar-refractivity contribution is 5.66. The minimum absolute atomic E-state index is 0.0849. The van der Waals surface area contributed by atoms with E-state index in [4.69, 9.17) is 14.2 Å². The SMILES string of the molecule is CC(=O)O[C@H]1CC[C@@]2(C)C(=CC[C@H]3[C@@H]4C[C@@H]5O[C@@]6(CC[C@H](C)CO6)[C@H](C)[C@@H]5[C@@]4(C)CC[C@@H]32)C1. The average molecular weight is 457 g/mol. The van der Waals surface area contributed by atoms with Gasteiger partial charge in [0.1, 0.15) is 6.10 Å². The van der Waals surface area contributed by atoms with Crippen LogP contribution in [-0.2, 0) is 19.0 Å². The third-order valence-corrected chi connectivity index (χ3v) is 11.7. The molecular weight excluding hydrogens is 412 g/mol. The van der Waals surface area contributed by atoms with E-state index in [2.05, 4.69) is 33.8 Å². The van der Waals surface area contributed by atoms with Crippen LogP contribution in [0.5, 0.6) is 0 Å². The van der Waals surface area contributed by atoms with Gasteiger partial charge in [0.05, 0.1) is 12.7 Å². The monoisotopic (exact) mass is 456 g/mol. The standard InChI is InChI=1S/C29H44O4/c1-17-8-13-29(31-16-17)18(2)26-25(33-29)15-24-22-7-6-20-14-21(32-19(3)30)9-11-27(20,4)23(22)10-12-28(24,26)5/h6,17-18,21-26H,7-16H2,1-5H3/t17-,18+,21-,22+,23-,24-,25-,26-,27-,28-,29-/m0/s1. The van der Waals surface area contributed by atoms with E-state index in [1.54, 1.807) is 12.5 Å². The minimum atomic E-state index is -0.312. The van der Waals surface area contributed by atoms with E-state index in [-0.39, 0.29) is 23.3 Å². The van der Waals surface area contributed by atoms with Gasteiger partial charge in [0.2, 0.25) is 0 Å². The van der Waals surface area contributed by atoms with Crippen LogP contribution >= 0.6 is 0 Å². The van der Waals surface area contributed by atoms with Crippen molar-refractivity contribution in [1.82, 2.24) is 0 Å². The molecule has 6 rings (SSSR count). The Morgan fingerprint density at radius 2 is 1.91 bits per heavy atom. The number of rotatable bonds is 1. The zero-order chi connectivity index (χ0) is 23.2. The fourth-order valence-corrected chi connectivity index (χ4v) is 9.98. The largest absolute Gasteiger partial charge is 0.462 e. The molecule has 0 aromatic carbocycles. The lowest BCUT2D eigenvalue weighted by molar-refractivity contribution is -0.272. The first-order valence-electron chi connectivity index (χ1n) is 13.8. The molecule has 1 spiro atoms. The maximum absolute atomic E-state index is 11.5. The van der Waals surface area contributed by atoms with E-state index in [0.717, 1.165) is 50.0 Å². The summed E-state index contributed by atoms with van der Waals surface area (Å²) < 4.78 is 19.0. The predicted molar refractivity (Wildman–Crippen MR) is 127 cm³/mol. The summed E-state index contributed by atoms with van der Waals surface area (Å²) in [4.78, 5) is 11.5. The highest BCUT2D eigenvalue weighted by Gasteiger charge is 2.68. The van der Waals surface area contributed by atoms with E-state index >= 15 is 0 Å². The topological polar surface area (TPSA) is 44.8 Å². The molecule has 4 heteroatoms. The molecule has 184 valence electrons. The van der Waals surface area contributed by atoms with E-state index in [1.165, 1.54) is 32.1 Å². The molecule has 0 radical (unpaired) electrons. The predicted octanol–water partition coefficient (Wildman–Crippen LogP) is 6.28. The smallest absolute Gasteiger partial charge is 0.302 e. The van der Waals surface area contributed by atoms with Crippen molar-refractivity contribution in [3.63, 3.8) is 0 Å². The molecule has 5 fully saturated rings. The molecule has 0 N–H and O–H groups in total. The van der Waals surface area contributed by atoms with Crippen molar-refractivity contribution in [3.8, 4) is 0 Å². The van der Waals surface area contributed by atoms with Crippen LogP contribution in [0.3, 0.4) is 0 Å². The van der Waals surface area contributed by atoms with E-state index in [9.17, 15) is 4.79 Å². The number of fused-ring (bicyclic) bond motifs is 7. The number of allylic oxidation sites excluding steroid dienone is 1. The molecule has 0 amide bonds. The fraction of sp³-hybridized carbons (Fsp3) is 0.897. The summed E-state index contributed by atoms with van der Waals surface area (Å²) in [7, 11) is 0. The summed E-state index contributed by atoms with van der Waals surface area (Å²) in [6.07, 6.45) is 13.6. The Morgan fingerprint density at radius 3 is 2.64 bits per heavy atom. The molecule has 2 saturated heterocycles. The molecule has 0 unspecified atom stereocenters. The van der Waals surface area contributed by atoms with Gasteiger partial charge in [-0.3, -0.25) is 4.79 Å². The summed E-state index contributed by atoms with van der Waals surface area (Å²) in [5.41, 5.74) is 2.24. The van der Waals surface area contributed by atoms with Gasteiger partial charge in [-0.2, -0.15) is 0 Å². The van der Waals surface area contributed by atoms with Gasteiger partial charge in [-0.15, -0.1) is 0 Å². The number of carbonyl (C=O) groups excluding carboxylic acids is 1. The lowest BCUT2D eigenvalue weighted by Crippen LogP contribution is -2.52. The summed E-state index contributed by atoms with van der Waals surface area (Å²) in [6.45, 7) is 12.3. The Kier molecular flexibility index (Phi) is 5.18. The van der Waals surface area contributed by atoms with Crippen LogP contribution in [0.25, 0.3) is 0 Å². The molecule has 4 nitrogen and oxygen atoms in total. The second-order valence-electron chi connectivity index (χ2n) is 13.3. The Morgan fingerprint density at radius 1 is 1.09 bits per heavy atom. The molecule has 4 aliphatic carbocycles. The molecule has 33 heavy (non-hydrogen) atoms. The van der Waals surface area contributed by atoms with E-state index in [0.29, 0.717) is 29.3 Å². The fourth-order valence-electron chi connectivity index (χ4n) is 9.98. The van der Waals surface area contributed by atoms with Gasteiger partial charge in [0, 0.05) is 25.7 Å². The third kappa shape index (κ3) is 3.18. The summed E-state index contributed by atoms with van der Waals surface area (Å²) >= 11 is 0. The molecule has 0 bridgehead atoms. The van der Waals surface area contributed by atoms with Crippen molar-refractivity contribution in [2.45, 2.75) is 110 Å². The van der Waals surface area contributed by atoms with Crippen LogP contribution in [0.4, 0.5) is 0 Å². The van der Waals surface area contributed by atoms with Gasteiger partial charge in [0.15, 0.2) is 5.79 Å². The van der Waals surface area contributed by atoms with Crippen LogP contribution in [0.2, 0.25) is 0 Å². The van der Waals surface area contributed by atoms with Gasteiger partial charge < -0.3 is 14.2 Å². The van der Waals surface area contributed by atoms with Gasteiger partial charge in [-0.25, -0.2) is 0 Å². The Balaban J connectivity index is 1.24. The van der Waals surface area contributed by atoms with Crippen molar-refractivity contribution >= 4 is 5.97 Å². The molecule has 6 aliphatic rings. The summed E-state index contributed by atoms with van der Waals surface area (Å²) in [5, 5.41) is 0. The minimum Gasteiger partial charge on any atom is -0.462 e. The number of carbonyl (C=O) groups is 1. The molecule has 0 aromatic heterocycles. The Hall–Kier alpha value is -0.870. The lowest BCUT2D eigenvalue weighted by Gasteiger charge is -2.58. The zero-order valence-electron chi connectivity index (χ0n) is 21.4. The first-order valence-corrected chi connectivity index (χ1v) is 13.8. The molecule has 11 atom stereocenters. The zero-order valence-corrected chi connectivity index (χ0v) is 21.4. The highest BCUT2D eigenvalue weighted by Crippen LogP contribution is 2.70. The summed E-state index contributed by atoms with van der Waals surface area (Å²) in [5.74, 6) is 3.64. The van der Waals surface area contributed by atoms with Gasteiger partial charge in [-0.1, -0.05) is 39.3 Å². The Bertz CT molecular complexity index is 841. The van der Waals surface area contributed by atoms with Crippen LogP contribution in [0.1, 0.15) is 92.4 Å². The normalized spacial score (nSPS) is 55.2. The van der Waals surface area contributed by atoms with Gasteiger partial charge >= 0.3 is 5.97 Å². The third-order valence-electron chi connectivity index (χ3n) is 11.7. The number of ether oxygens (including phenoxy) is 3. The van der Waals surface area contributed by atoms with Crippen molar-refractivity contribution in [3.05, 3.63) is 11.6 Å². The molecule has 2 heterocycles. The number of hydrogen-bond donors (Lipinski definition) is 0. The maximum atomic E-state index is 11.5. The lowest BCUT2D eigenvalue weighted by atomic mass is 9.47. The van der Waals surface area contributed by atoms with Crippen LogP contribution < -0.4 is 0 Å². The molecule has 2 aliphatic heterocycles. The first-order chi connectivity index (χ1) is 15.7. The van der Waals surface area contributed by atoms with Crippen molar-refractivity contribution in [2.75, 3.05) is 6.61 Å². The van der Waals surface area contributed by atoms with Crippen LogP contribution in [0.15, 0.2) is 11.6 Å². The number of esters is 1. The van der Waals surface area contributed by atoms with Crippen LogP contribution in [0, 0.1) is 46.3 Å².